The van der Waals surface area contributed by atoms with E-state index < -0.39 is 0 Å². The third-order valence-electron chi connectivity index (χ3n) is 2.86. The fourth-order valence-electron chi connectivity index (χ4n) is 1.95. The van der Waals surface area contributed by atoms with Crippen molar-refractivity contribution < 1.29 is 5.11 Å². The molecule has 4 heteroatoms. The Kier molecular flexibility index (Phi) is 4.75. The highest BCUT2D eigenvalue weighted by Crippen LogP contribution is 2.18. The molecule has 1 unspecified atom stereocenters. The summed E-state index contributed by atoms with van der Waals surface area (Å²) < 4.78 is 0. The zero-order valence-electron chi connectivity index (χ0n) is 10.3. The van der Waals surface area contributed by atoms with Gasteiger partial charge in [0.15, 0.2) is 0 Å². The van der Waals surface area contributed by atoms with Crippen LogP contribution in [0.4, 0.5) is 0 Å². The summed E-state index contributed by atoms with van der Waals surface area (Å²) in [5.41, 5.74) is 2.27. The van der Waals surface area contributed by atoms with Gasteiger partial charge in [0.25, 0.3) is 0 Å². The number of aliphatic hydroxyl groups excluding tert-OH is 1. The lowest BCUT2D eigenvalue weighted by Crippen LogP contribution is -2.13. The van der Waals surface area contributed by atoms with Gasteiger partial charge in [-0.15, -0.1) is 11.3 Å². The summed E-state index contributed by atoms with van der Waals surface area (Å²) in [6.07, 6.45) is 1.67. The van der Waals surface area contributed by atoms with Gasteiger partial charge in [-0.3, -0.25) is 0 Å². The monoisotopic (exact) mass is 281 g/mol. The Morgan fingerprint density at radius 1 is 1.28 bits per heavy atom. The SMILES string of the molecule is Cc1nc(CC(CO)Cc2ccc(Cl)cc2)cs1. The van der Waals surface area contributed by atoms with Crippen LogP contribution in [0.3, 0.4) is 0 Å². The minimum absolute atomic E-state index is 0.180. The van der Waals surface area contributed by atoms with Crippen molar-refractivity contribution in [1.29, 1.82) is 0 Å². The maximum absolute atomic E-state index is 9.46. The van der Waals surface area contributed by atoms with Crippen LogP contribution >= 0.6 is 22.9 Å². The van der Waals surface area contributed by atoms with Gasteiger partial charge < -0.3 is 5.11 Å². The van der Waals surface area contributed by atoms with Gasteiger partial charge in [0.1, 0.15) is 0 Å². The first-order valence-electron chi connectivity index (χ1n) is 5.93. The molecule has 1 heterocycles. The summed E-state index contributed by atoms with van der Waals surface area (Å²) in [7, 11) is 0. The Morgan fingerprint density at radius 2 is 2.00 bits per heavy atom. The second kappa shape index (κ2) is 6.32. The number of hydrogen-bond donors (Lipinski definition) is 1. The van der Waals surface area contributed by atoms with Crippen molar-refractivity contribution in [3.8, 4) is 0 Å². The van der Waals surface area contributed by atoms with Gasteiger partial charge in [-0.2, -0.15) is 0 Å². The van der Waals surface area contributed by atoms with Crippen LogP contribution in [0.15, 0.2) is 29.6 Å². The standard InChI is InChI=1S/C14H16ClNOS/c1-10-16-14(9-18-10)7-12(8-17)6-11-2-4-13(15)5-3-11/h2-5,9,12,17H,6-8H2,1H3. The van der Waals surface area contributed by atoms with Gasteiger partial charge in [-0.1, -0.05) is 23.7 Å². The smallest absolute Gasteiger partial charge is 0.0897 e. The van der Waals surface area contributed by atoms with E-state index in [9.17, 15) is 5.11 Å². The fraction of sp³-hybridized carbons (Fsp3) is 0.357. The van der Waals surface area contributed by atoms with E-state index in [0.717, 1.165) is 28.6 Å². The molecule has 0 bridgehead atoms. The molecule has 0 aliphatic rings. The number of nitrogens with zero attached hydrogens (tertiary/aromatic N) is 1. The van der Waals surface area contributed by atoms with Crippen LogP contribution in [-0.2, 0) is 12.8 Å². The van der Waals surface area contributed by atoms with Gasteiger partial charge in [-0.05, 0) is 43.4 Å². The summed E-state index contributed by atoms with van der Waals surface area (Å²) in [6, 6.07) is 7.80. The molecule has 18 heavy (non-hydrogen) atoms. The quantitative estimate of drug-likeness (QED) is 0.910. The van der Waals surface area contributed by atoms with E-state index in [1.165, 1.54) is 5.56 Å². The summed E-state index contributed by atoms with van der Waals surface area (Å²) >= 11 is 7.51. The first-order chi connectivity index (χ1) is 8.67. The number of halogens is 1. The van der Waals surface area contributed by atoms with Gasteiger partial charge in [0.05, 0.1) is 10.7 Å². The van der Waals surface area contributed by atoms with Crippen LogP contribution in [0.25, 0.3) is 0 Å². The highest BCUT2D eigenvalue weighted by Gasteiger charge is 2.11. The normalized spacial score (nSPS) is 12.6. The van der Waals surface area contributed by atoms with E-state index >= 15 is 0 Å². The molecule has 1 atom stereocenters. The molecule has 0 aliphatic carbocycles. The molecular weight excluding hydrogens is 266 g/mol. The number of benzene rings is 1. The van der Waals surface area contributed by atoms with E-state index in [4.69, 9.17) is 11.6 Å². The number of aromatic nitrogens is 1. The Morgan fingerprint density at radius 3 is 2.56 bits per heavy atom. The van der Waals surface area contributed by atoms with Crippen molar-refractivity contribution in [1.82, 2.24) is 4.98 Å². The second-order valence-corrected chi connectivity index (χ2v) is 5.94. The predicted octanol–water partition coefficient (Wildman–Crippen LogP) is 3.50. The molecule has 1 N–H and O–H groups in total. The maximum atomic E-state index is 9.46. The van der Waals surface area contributed by atoms with Gasteiger partial charge in [0, 0.05) is 17.0 Å². The molecule has 0 aliphatic heterocycles. The van der Waals surface area contributed by atoms with Crippen LogP contribution in [0.1, 0.15) is 16.3 Å². The third kappa shape index (κ3) is 3.80. The first kappa shape index (κ1) is 13.5. The van der Waals surface area contributed by atoms with Gasteiger partial charge >= 0.3 is 0 Å². The molecule has 1 aromatic carbocycles. The maximum Gasteiger partial charge on any atom is 0.0897 e. The zero-order chi connectivity index (χ0) is 13.0. The average Bonchev–Trinajstić information content (AvgIpc) is 2.77. The average molecular weight is 282 g/mol. The summed E-state index contributed by atoms with van der Waals surface area (Å²) in [6.45, 7) is 2.18. The largest absolute Gasteiger partial charge is 0.396 e. The lowest BCUT2D eigenvalue weighted by molar-refractivity contribution is 0.224. The molecule has 0 saturated heterocycles. The molecule has 0 radical (unpaired) electrons. The number of hydrogen-bond acceptors (Lipinski definition) is 3. The van der Waals surface area contributed by atoms with Gasteiger partial charge in [-0.25, -0.2) is 4.98 Å². The van der Waals surface area contributed by atoms with E-state index in [-0.39, 0.29) is 12.5 Å². The van der Waals surface area contributed by atoms with Crippen molar-refractivity contribution in [3.63, 3.8) is 0 Å². The molecule has 96 valence electrons. The Labute approximate surface area is 116 Å². The van der Waals surface area contributed by atoms with Crippen LogP contribution in [0.5, 0.6) is 0 Å². The van der Waals surface area contributed by atoms with Crippen molar-refractivity contribution in [2.75, 3.05) is 6.61 Å². The number of aliphatic hydroxyl groups is 1. The lowest BCUT2D eigenvalue weighted by atomic mass is 9.96. The lowest BCUT2D eigenvalue weighted by Gasteiger charge is -2.12. The minimum atomic E-state index is 0.180. The Balaban J connectivity index is 1.99. The van der Waals surface area contributed by atoms with Crippen LogP contribution < -0.4 is 0 Å². The molecule has 0 fully saturated rings. The molecule has 0 spiro atoms. The number of thiazole rings is 1. The third-order valence-corrected chi connectivity index (χ3v) is 3.93. The molecule has 1 aromatic heterocycles. The van der Waals surface area contributed by atoms with Crippen LogP contribution in [-0.4, -0.2) is 16.7 Å². The predicted molar refractivity (Wildman–Crippen MR) is 76.3 cm³/mol. The number of rotatable bonds is 5. The van der Waals surface area contributed by atoms with Crippen molar-refractivity contribution >= 4 is 22.9 Å². The molecule has 0 amide bonds. The Hall–Kier alpha value is -0.900. The van der Waals surface area contributed by atoms with Crippen molar-refractivity contribution in [2.45, 2.75) is 19.8 Å². The van der Waals surface area contributed by atoms with Crippen molar-refractivity contribution in [2.24, 2.45) is 5.92 Å². The molecule has 0 saturated carbocycles. The van der Waals surface area contributed by atoms with E-state index in [2.05, 4.69) is 10.4 Å². The topological polar surface area (TPSA) is 33.1 Å². The summed E-state index contributed by atoms with van der Waals surface area (Å²) in [5, 5.41) is 13.4. The molecule has 2 aromatic rings. The number of aryl methyl sites for hydroxylation is 1. The first-order valence-corrected chi connectivity index (χ1v) is 7.19. The van der Waals surface area contributed by atoms with Crippen LogP contribution in [0.2, 0.25) is 5.02 Å². The van der Waals surface area contributed by atoms with E-state index in [1.54, 1.807) is 11.3 Å². The Bertz CT molecular complexity index is 495. The van der Waals surface area contributed by atoms with E-state index in [0.29, 0.717) is 0 Å². The fourth-order valence-corrected chi connectivity index (χ4v) is 2.70. The highest BCUT2D eigenvalue weighted by atomic mass is 35.5. The molecule has 2 nitrogen and oxygen atoms in total. The van der Waals surface area contributed by atoms with E-state index in [1.807, 2.05) is 31.2 Å². The van der Waals surface area contributed by atoms with Crippen LogP contribution in [0, 0.1) is 12.8 Å². The van der Waals surface area contributed by atoms with Crippen molar-refractivity contribution in [3.05, 3.63) is 50.9 Å². The molecular formula is C14H16ClNOS. The zero-order valence-corrected chi connectivity index (χ0v) is 11.8. The van der Waals surface area contributed by atoms with Gasteiger partial charge in [0.2, 0.25) is 0 Å². The highest BCUT2D eigenvalue weighted by molar-refractivity contribution is 7.09. The minimum Gasteiger partial charge on any atom is -0.396 e. The molecule has 2 rings (SSSR count). The second-order valence-electron chi connectivity index (χ2n) is 4.44. The summed E-state index contributed by atoms with van der Waals surface area (Å²) in [5.74, 6) is 0.215. The summed E-state index contributed by atoms with van der Waals surface area (Å²) in [4.78, 5) is 4.44.